The molecular formula is C13H24N2O2. The average molecular weight is 240 g/mol. The van der Waals surface area contributed by atoms with E-state index in [-0.39, 0.29) is 17.9 Å². The van der Waals surface area contributed by atoms with E-state index in [1.54, 1.807) is 0 Å². The number of carbonyl (C=O) groups excluding carboxylic acids is 1. The predicted molar refractivity (Wildman–Crippen MR) is 66.8 cm³/mol. The van der Waals surface area contributed by atoms with Gasteiger partial charge in [0.2, 0.25) is 5.91 Å². The Balaban J connectivity index is 1.68. The molecule has 0 radical (unpaired) electrons. The van der Waals surface area contributed by atoms with Crippen LogP contribution < -0.4 is 5.32 Å². The van der Waals surface area contributed by atoms with E-state index in [9.17, 15) is 4.79 Å². The van der Waals surface area contributed by atoms with Crippen molar-refractivity contribution < 1.29 is 9.53 Å². The summed E-state index contributed by atoms with van der Waals surface area (Å²) in [6.45, 7) is 6.67. The van der Waals surface area contributed by atoms with Gasteiger partial charge < -0.3 is 10.1 Å². The standard InChI is InChI=1S/C13H24N2O2/c1-11(10-15-6-8-17-9-7-15)14-13(16)12-4-2-3-5-12/h11-12H,2-10H2,1H3,(H,14,16)/t11-/m0/s1. The van der Waals surface area contributed by atoms with E-state index >= 15 is 0 Å². The SMILES string of the molecule is C[C@@H](CN1CCOCC1)NC(=O)C1CCCC1. The number of nitrogens with zero attached hydrogens (tertiary/aromatic N) is 1. The summed E-state index contributed by atoms with van der Waals surface area (Å²) in [6.07, 6.45) is 4.60. The van der Waals surface area contributed by atoms with Crippen LogP contribution in [0.3, 0.4) is 0 Å². The fraction of sp³-hybridized carbons (Fsp3) is 0.923. The van der Waals surface area contributed by atoms with Crippen LogP contribution in [0.2, 0.25) is 0 Å². The van der Waals surface area contributed by atoms with E-state index in [1.165, 1.54) is 12.8 Å². The van der Waals surface area contributed by atoms with Crippen molar-refractivity contribution >= 4 is 5.91 Å². The number of nitrogens with one attached hydrogen (secondary N) is 1. The minimum absolute atomic E-state index is 0.251. The molecule has 0 unspecified atom stereocenters. The van der Waals surface area contributed by atoms with Crippen LogP contribution in [0, 0.1) is 5.92 Å². The van der Waals surface area contributed by atoms with Gasteiger partial charge in [0.15, 0.2) is 0 Å². The molecule has 2 rings (SSSR count). The van der Waals surface area contributed by atoms with E-state index in [0.717, 1.165) is 45.7 Å². The lowest BCUT2D eigenvalue weighted by Gasteiger charge is -2.29. The highest BCUT2D eigenvalue weighted by Gasteiger charge is 2.24. The van der Waals surface area contributed by atoms with E-state index in [1.807, 2.05) is 0 Å². The second kappa shape index (κ2) is 6.36. The topological polar surface area (TPSA) is 41.6 Å². The zero-order chi connectivity index (χ0) is 12.1. The molecular weight excluding hydrogens is 216 g/mol. The Morgan fingerprint density at radius 2 is 2.00 bits per heavy atom. The summed E-state index contributed by atoms with van der Waals surface area (Å²) >= 11 is 0. The third kappa shape index (κ3) is 3.96. The normalized spacial score (nSPS) is 24.8. The fourth-order valence-electron chi connectivity index (χ4n) is 2.77. The average Bonchev–Trinajstić information content (AvgIpc) is 2.83. The molecule has 1 saturated heterocycles. The molecule has 0 spiro atoms. The van der Waals surface area contributed by atoms with Crippen LogP contribution in [0.4, 0.5) is 0 Å². The van der Waals surface area contributed by atoms with Crippen LogP contribution in [0.5, 0.6) is 0 Å². The Kier molecular flexibility index (Phi) is 4.80. The second-order valence-corrected chi connectivity index (χ2v) is 5.30. The fourth-order valence-corrected chi connectivity index (χ4v) is 2.77. The van der Waals surface area contributed by atoms with Gasteiger partial charge in [-0.3, -0.25) is 9.69 Å². The molecule has 2 aliphatic rings. The molecule has 1 heterocycles. The molecule has 0 aromatic heterocycles. The minimum atomic E-state index is 0.251. The zero-order valence-corrected chi connectivity index (χ0v) is 10.8. The molecule has 1 N–H and O–H groups in total. The Morgan fingerprint density at radius 3 is 2.65 bits per heavy atom. The summed E-state index contributed by atoms with van der Waals surface area (Å²) in [7, 11) is 0. The number of morpholine rings is 1. The van der Waals surface area contributed by atoms with Crippen molar-refractivity contribution in [3.8, 4) is 0 Å². The summed E-state index contributed by atoms with van der Waals surface area (Å²) in [6, 6.07) is 0.251. The second-order valence-electron chi connectivity index (χ2n) is 5.30. The van der Waals surface area contributed by atoms with Gasteiger partial charge in [-0.25, -0.2) is 0 Å². The summed E-state index contributed by atoms with van der Waals surface area (Å²) in [4.78, 5) is 14.3. The van der Waals surface area contributed by atoms with Crippen LogP contribution in [-0.4, -0.2) is 49.7 Å². The van der Waals surface area contributed by atoms with Crippen molar-refractivity contribution in [3.05, 3.63) is 0 Å². The number of carbonyl (C=O) groups is 1. The lowest BCUT2D eigenvalue weighted by atomic mass is 10.1. The van der Waals surface area contributed by atoms with Crippen molar-refractivity contribution in [1.82, 2.24) is 10.2 Å². The molecule has 0 aromatic carbocycles. The first kappa shape index (κ1) is 12.8. The first-order valence-corrected chi connectivity index (χ1v) is 6.86. The number of amides is 1. The number of ether oxygens (including phenoxy) is 1. The molecule has 98 valence electrons. The van der Waals surface area contributed by atoms with Gasteiger partial charge in [0.05, 0.1) is 13.2 Å². The molecule has 1 atom stereocenters. The minimum Gasteiger partial charge on any atom is -0.379 e. The van der Waals surface area contributed by atoms with Gasteiger partial charge in [-0.1, -0.05) is 12.8 Å². The molecule has 0 aromatic rings. The van der Waals surface area contributed by atoms with Crippen molar-refractivity contribution in [2.45, 2.75) is 38.6 Å². The van der Waals surface area contributed by atoms with Gasteiger partial charge in [-0.2, -0.15) is 0 Å². The van der Waals surface area contributed by atoms with Crippen LogP contribution in [0.1, 0.15) is 32.6 Å². The molecule has 1 amide bonds. The number of hydrogen-bond acceptors (Lipinski definition) is 3. The highest BCUT2D eigenvalue weighted by molar-refractivity contribution is 5.79. The maximum Gasteiger partial charge on any atom is 0.223 e. The van der Waals surface area contributed by atoms with Crippen LogP contribution in [-0.2, 0) is 9.53 Å². The predicted octanol–water partition coefficient (Wildman–Crippen LogP) is 1.01. The Bertz CT molecular complexity index is 246. The van der Waals surface area contributed by atoms with Crippen molar-refractivity contribution in [1.29, 1.82) is 0 Å². The van der Waals surface area contributed by atoms with Gasteiger partial charge in [0.25, 0.3) is 0 Å². The van der Waals surface area contributed by atoms with E-state index in [2.05, 4.69) is 17.1 Å². The largest absolute Gasteiger partial charge is 0.379 e. The Labute approximate surface area is 104 Å². The molecule has 4 heteroatoms. The van der Waals surface area contributed by atoms with Gasteiger partial charge in [-0.15, -0.1) is 0 Å². The van der Waals surface area contributed by atoms with E-state index < -0.39 is 0 Å². The zero-order valence-electron chi connectivity index (χ0n) is 10.8. The lowest BCUT2D eigenvalue weighted by Crippen LogP contribution is -2.47. The van der Waals surface area contributed by atoms with Gasteiger partial charge in [0, 0.05) is 31.6 Å². The van der Waals surface area contributed by atoms with E-state index in [4.69, 9.17) is 4.74 Å². The third-order valence-corrected chi connectivity index (χ3v) is 3.75. The summed E-state index contributed by atoms with van der Waals surface area (Å²) in [5, 5.41) is 3.15. The first-order valence-electron chi connectivity index (χ1n) is 6.86. The first-order chi connectivity index (χ1) is 8.25. The molecule has 0 bridgehead atoms. The smallest absolute Gasteiger partial charge is 0.223 e. The summed E-state index contributed by atoms with van der Waals surface area (Å²) < 4.78 is 5.31. The summed E-state index contributed by atoms with van der Waals surface area (Å²) in [5.41, 5.74) is 0. The van der Waals surface area contributed by atoms with Crippen molar-refractivity contribution in [2.24, 2.45) is 5.92 Å². The van der Waals surface area contributed by atoms with Gasteiger partial charge in [-0.05, 0) is 19.8 Å². The third-order valence-electron chi connectivity index (χ3n) is 3.75. The Hall–Kier alpha value is -0.610. The molecule has 1 aliphatic carbocycles. The quantitative estimate of drug-likeness (QED) is 0.797. The number of rotatable bonds is 4. The maximum absolute atomic E-state index is 11.9. The Morgan fingerprint density at radius 1 is 1.35 bits per heavy atom. The maximum atomic E-state index is 11.9. The molecule has 17 heavy (non-hydrogen) atoms. The van der Waals surface area contributed by atoms with Crippen molar-refractivity contribution in [3.63, 3.8) is 0 Å². The highest BCUT2D eigenvalue weighted by atomic mass is 16.5. The molecule has 1 aliphatic heterocycles. The van der Waals surface area contributed by atoms with Crippen LogP contribution >= 0.6 is 0 Å². The van der Waals surface area contributed by atoms with Gasteiger partial charge >= 0.3 is 0 Å². The summed E-state index contributed by atoms with van der Waals surface area (Å²) in [5.74, 6) is 0.547. The van der Waals surface area contributed by atoms with Crippen LogP contribution in [0.15, 0.2) is 0 Å². The molecule has 1 saturated carbocycles. The lowest BCUT2D eigenvalue weighted by molar-refractivity contribution is -0.125. The van der Waals surface area contributed by atoms with Gasteiger partial charge in [0.1, 0.15) is 0 Å². The highest BCUT2D eigenvalue weighted by Crippen LogP contribution is 2.24. The van der Waals surface area contributed by atoms with E-state index in [0.29, 0.717) is 0 Å². The molecule has 2 fully saturated rings. The molecule has 4 nitrogen and oxygen atoms in total. The van der Waals surface area contributed by atoms with Crippen molar-refractivity contribution in [2.75, 3.05) is 32.8 Å². The number of hydrogen-bond donors (Lipinski definition) is 1. The van der Waals surface area contributed by atoms with Crippen LogP contribution in [0.25, 0.3) is 0 Å². The monoisotopic (exact) mass is 240 g/mol.